The van der Waals surface area contributed by atoms with E-state index in [1.807, 2.05) is 38.1 Å². The van der Waals surface area contributed by atoms with Gasteiger partial charge in [0.05, 0.1) is 10.6 Å². The highest BCUT2D eigenvalue weighted by Crippen LogP contribution is 2.12. The van der Waals surface area contributed by atoms with Crippen molar-refractivity contribution in [3.8, 4) is 0 Å². The Hall–Kier alpha value is -3.02. The Morgan fingerprint density at radius 2 is 1.65 bits per heavy atom. The van der Waals surface area contributed by atoms with E-state index in [0.29, 0.717) is 12.0 Å². The van der Waals surface area contributed by atoms with Gasteiger partial charge in [-0.2, -0.15) is 5.10 Å². The molecule has 0 aromatic heterocycles. The molecule has 118 valence electrons. The molecule has 0 saturated heterocycles. The molecular formula is C17H17N3O3. The molecule has 0 aliphatic rings. The molecule has 2 rings (SSSR count). The van der Waals surface area contributed by atoms with Gasteiger partial charge in [-0.3, -0.25) is 14.9 Å². The molecule has 0 bridgehead atoms. The van der Waals surface area contributed by atoms with Gasteiger partial charge in [-0.05, 0) is 31.0 Å². The smallest absolute Gasteiger partial charge is 0.267 e. The lowest BCUT2D eigenvalue weighted by Gasteiger charge is -2.06. The molecule has 0 radical (unpaired) electrons. The SMILES string of the molecule is CC/C(=N\NC(=O)c1ccc([N+](=O)[O-])cc1)c1ccc(C)cc1. The second-order valence-corrected chi connectivity index (χ2v) is 5.02. The Morgan fingerprint density at radius 1 is 1.09 bits per heavy atom. The van der Waals surface area contributed by atoms with Gasteiger partial charge in [0.25, 0.3) is 11.6 Å². The minimum atomic E-state index is -0.508. The number of rotatable bonds is 5. The number of nitrogens with zero attached hydrogens (tertiary/aromatic N) is 2. The summed E-state index contributed by atoms with van der Waals surface area (Å²) in [4.78, 5) is 22.1. The summed E-state index contributed by atoms with van der Waals surface area (Å²) in [7, 11) is 0. The predicted molar refractivity (Wildman–Crippen MR) is 88.6 cm³/mol. The van der Waals surface area contributed by atoms with Crippen LogP contribution in [-0.2, 0) is 0 Å². The number of hydrazone groups is 1. The second-order valence-electron chi connectivity index (χ2n) is 5.02. The maximum Gasteiger partial charge on any atom is 0.271 e. The molecule has 1 N–H and O–H groups in total. The molecule has 2 aromatic rings. The van der Waals surface area contributed by atoms with Crippen molar-refractivity contribution in [2.75, 3.05) is 0 Å². The average Bonchev–Trinajstić information content (AvgIpc) is 2.56. The summed E-state index contributed by atoms with van der Waals surface area (Å²) >= 11 is 0. The van der Waals surface area contributed by atoms with Gasteiger partial charge >= 0.3 is 0 Å². The summed E-state index contributed by atoms with van der Waals surface area (Å²) in [5, 5.41) is 14.8. The first-order chi connectivity index (χ1) is 11.0. The molecule has 0 saturated carbocycles. The van der Waals surface area contributed by atoms with E-state index < -0.39 is 10.8 Å². The molecule has 1 amide bonds. The average molecular weight is 311 g/mol. The van der Waals surface area contributed by atoms with Crippen molar-refractivity contribution in [3.63, 3.8) is 0 Å². The van der Waals surface area contributed by atoms with E-state index >= 15 is 0 Å². The quantitative estimate of drug-likeness (QED) is 0.521. The van der Waals surface area contributed by atoms with E-state index in [4.69, 9.17) is 0 Å². The van der Waals surface area contributed by atoms with Crippen molar-refractivity contribution >= 4 is 17.3 Å². The fourth-order valence-electron chi connectivity index (χ4n) is 2.01. The third-order valence-corrected chi connectivity index (χ3v) is 3.35. The van der Waals surface area contributed by atoms with E-state index in [1.165, 1.54) is 24.3 Å². The first-order valence-corrected chi connectivity index (χ1v) is 7.19. The van der Waals surface area contributed by atoms with Crippen LogP contribution in [-0.4, -0.2) is 16.5 Å². The minimum Gasteiger partial charge on any atom is -0.267 e. The van der Waals surface area contributed by atoms with Crippen molar-refractivity contribution < 1.29 is 9.72 Å². The minimum absolute atomic E-state index is 0.0565. The number of non-ortho nitro benzene ring substituents is 1. The maximum atomic E-state index is 12.0. The number of amides is 1. The number of nitro benzene ring substituents is 1. The van der Waals surface area contributed by atoms with Crippen molar-refractivity contribution in [1.82, 2.24) is 5.43 Å². The fraction of sp³-hybridized carbons (Fsp3) is 0.176. The molecular weight excluding hydrogens is 294 g/mol. The number of nitro groups is 1. The van der Waals surface area contributed by atoms with Crippen molar-refractivity contribution in [2.24, 2.45) is 5.10 Å². The van der Waals surface area contributed by atoms with Gasteiger partial charge < -0.3 is 0 Å². The van der Waals surface area contributed by atoms with Gasteiger partial charge in [-0.25, -0.2) is 5.43 Å². The maximum absolute atomic E-state index is 12.0. The highest BCUT2D eigenvalue weighted by Gasteiger charge is 2.09. The standard InChI is InChI=1S/C17H17N3O3/c1-3-16(13-6-4-12(2)5-7-13)18-19-17(21)14-8-10-15(11-9-14)20(22)23/h4-11H,3H2,1-2H3,(H,19,21)/b18-16+. The molecule has 0 aliphatic heterocycles. The summed E-state index contributed by atoms with van der Waals surface area (Å²) in [6.45, 7) is 3.96. The van der Waals surface area contributed by atoms with E-state index in [9.17, 15) is 14.9 Å². The monoisotopic (exact) mass is 311 g/mol. The Balaban J connectivity index is 2.11. The second kappa shape index (κ2) is 7.31. The van der Waals surface area contributed by atoms with Crippen molar-refractivity contribution in [1.29, 1.82) is 0 Å². The lowest BCUT2D eigenvalue weighted by Crippen LogP contribution is -2.20. The first kappa shape index (κ1) is 16.4. The predicted octanol–water partition coefficient (Wildman–Crippen LogP) is 3.45. The van der Waals surface area contributed by atoms with Gasteiger partial charge in [-0.1, -0.05) is 36.8 Å². The Kier molecular flexibility index (Phi) is 5.19. The Labute approximate surface area is 134 Å². The first-order valence-electron chi connectivity index (χ1n) is 7.19. The topological polar surface area (TPSA) is 84.6 Å². The van der Waals surface area contributed by atoms with Gasteiger partial charge in [-0.15, -0.1) is 0 Å². The number of nitrogens with one attached hydrogen (secondary N) is 1. The summed E-state index contributed by atoms with van der Waals surface area (Å²) in [6.07, 6.45) is 0.670. The number of benzene rings is 2. The molecule has 6 heteroatoms. The number of hydrogen-bond acceptors (Lipinski definition) is 4. The zero-order valence-electron chi connectivity index (χ0n) is 12.9. The van der Waals surface area contributed by atoms with Crippen LogP contribution < -0.4 is 5.43 Å². The Bertz CT molecular complexity index is 735. The van der Waals surface area contributed by atoms with Crippen LogP contribution in [0.3, 0.4) is 0 Å². The largest absolute Gasteiger partial charge is 0.271 e. The van der Waals surface area contributed by atoms with E-state index in [1.54, 1.807) is 0 Å². The van der Waals surface area contributed by atoms with Crippen molar-refractivity contribution in [3.05, 3.63) is 75.3 Å². The van der Waals surface area contributed by atoms with Crippen LogP contribution in [0.2, 0.25) is 0 Å². The molecule has 0 unspecified atom stereocenters. The van der Waals surface area contributed by atoms with Gasteiger partial charge in [0, 0.05) is 17.7 Å². The summed E-state index contributed by atoms with van der Waals surface area (Å²) in [5.41, 5.74) is 5.62. The van der Waals surface area contributed by atoms with Crippen LogP contribution in [0.25, 0.3) is 0 Å². The number of hydrogen-bond donors (Lipinski definition) is 1. The lowest BCUT2D eigenvalue weighted by atomic mass is 10.1. The molecule has 23 heavy (non-hydrogen) atoms. The molecule has 0 aliphatic carbocycles. The third-order valence-electron chi connectivity index (χ3n) is 3.35. The van der Waals surface area contributed by atoms with Gasteiger partial charge in [0.2, 0.25) is 0 Å². The van der Waals surface area contributed by atoms with Crippen LogP contribution in [0.1, 0.15) is 34.8 Å². The van der Waals surface area contributed by atoms with E-state index in [-0.39, 0.29) is 5.69 Å². The lowest BCUT2D eigenvalue weighted by molar-refractivity contribution is -0.384. The normalized spacial score (nSPS) is 11.1. The summed E-state index contributed by atoms with van der Waals surface area (Å²) in [6, 6.07) is 13.3. The van der Waals surface area contributed by atoms with E-state index in [2.05, 4.69) is 10.5 Å². The van der Waals surface area contributed by atoms with Crippen LogP contribution in [0.4, 0.5) is 5.69 Å². The highest BCUT2D eigenvalue weighted by atomic mass is 16.6. The molecule has 2 aromatic carbocycles. The summed E-state index contributed by atoms with van der Waals surface area (Å²) in [5.74, 6) is -0.405. The highest BCUT2D eigenvalue weighted by molar-refractivity contribution is 6.02. The number of aryl methyl sites for hydroxylation is 1. The molecule has 0 fully saturated rings. The number of carbonyl (C=O) groups is 1. The van der Waals surface area contributed by atoms with Crippen LogP contribution in [0, 0.1) is 17.0 Å². The van der Waals surface area contributed by atoms with Crippen LogP contribution in [0.15, 0.2) is 53.6 Å². The van der Waals surface area contributed by atoms with Crippen LogP contribution >= 0.6 is 0 Å². The zero-order valence-corrected chi connectivity index (χ0v) is 12.9. The fourth-order valence-corrected chi connectivity index (χ4v) is 2.01. The third kappa shape index (κ3) is 4.23. The molecule has 0 heterocycles. The molecule has 0 spiro atoms. The van der Waals surface area contributed by atoms with Gasteiger partial charge in [0.15, 0.2) is 0 Å². The van der Waals surface area contributed by atoms with Gasteiger partial charge in [0.1, 0.15) is 0 Å². The van der Waals surface area contributed by atoms with Crippen LogP contribution in [0.5, 0.6) is 0 Å². The van der Waals surface area contributed by atoms with Crippen molar-refractivity contribution in [2.45, 2.75) is 20.3 Å². The Morgan fingerprint density at radius 3 is 2.17 bits per heavy atom. The zero-order chi connectivity index (χ0) is 16.8. The molecule has 6 nitrogen and oxygen atoms in total. The summed E-state index contributed by atoms with van der Waals surface area (Å²) < 4.78 is 0. The van der Waals surface area contributed by atoms with E-state index in [0.717, 1.165) is 16.8 Å². The number of carbonyl (C=O) groups excluding carboxylic acids is 1. The molecule has 0 atom stereocenters.